The average Bonchev–Trinajstić information content (AvgIpc) is 1.98. The minimum Gasteiger partial charge on any atom is -0.243 e. The lowest BCUT2D eigenvalue weighted by atomic mass is 9.63. The Morgan fingerprint density at radius 3 is 1.54 bits per heavy atom. The third-order valence-corrected chi connectivity index (χ3v) is 2.44. The van der Waals surface area contributed by atoms with Crippen molar-refractivity contribution in [1.29, 1.82) is 0 Å². The van der Waals surface area contributed by atoms with Gasteiger partial charge in [0, 0.05) is 0 Å². The Kier molecular flexibility index (Phi) is 1.87. The molecular weight excluding hydrogens is 205 g/mol. The van der Waals surface area contributed by atoms with Crippen molar-refractivity contribution in [2.24, 2.45) is 5.41 Å². The molecule has 0 radical (unpaired) electrons. The highest BCUT2D eigenvalue weighted by Gasteiger charge is 2.84. The monoisotopic (exact) mass is 210 g/mol. The van der Waals surface area contributed by atoms with Gasteiger partial charge in [0.2, 0.25) is 0 Å². The Morgan fingerprint density at radius 1 is 1.00 bits per heavy atom. The molecule has 1 fully saturated rings. The van der Waals surface area contributed by atoms with Gasteiger partial charge in [-0.15, -0.1) is 0 Å². The molecule has 1 aliphatic carbocycles. The Bertz CT molecular complexity index is 220. The molecule has 0 aromatic carbocycles. The molecule has 3 unspecified atom stereocenters. The second kappa shape index (κ2) is 2.30. The normalized spacial score (nSPS) is 44.3. The standard InChI is InChI=1S/C6H5F7/c1-4(6(11,12)13)2(7)3(8)5(4,9)10/h2-3H,1H3. The maximum absolute atomic E-state index is 12.4. The van der Waals surface area contributed by atoms with E-state index in [1.807, 2.05) is 0 Å². The molecule has 0 spiro atoms. The summed E-state index contributed by atoms with van der Waals surface area (Å²) in [5.41, 5.74) is -3.89. The zero-order chi connectivity index (χ0) is 10.7. The predicted molar refractivity (Wildman–Crippen MR) is 28.9 cm³/mol. The van der Waals surface area contributed by atoms with E-state index >= 15 is 0 Å². The third kappa shape index (κ3) is 0.927. The Balaban J connectivity index is 3.06. The molecule has 0 aromatic heterocycles. The van der Waals surface area contributed by atoms with Gasteiger partial charge < -0.3 is 0 Å². The first-order valence-corrected chi connectivity index (χ1v) is 3.29. The Hall–Kier alpha value is -0.490. The largest absolute Gasteiger partial charge is 0.403 e. The number of hydrogen-bond donors (Lipinski definition) is 0. The highest BCUT2D eigenvalue weighted by Crippen LogP contribution is 2.64. The summed E-state index contributed by atoms with van der Waals surface area (Å²) >= 11 is 0. The maximum atomic E-state index is 12.4. The van der Waals surface area contributed by atoms with Crippen LogP contribution in [0.25, 0.3) is 0 Å². The van der Waals surface area contributed by atoms with E-state index < -0.39 is 29.9 Å². The minimum atomic E-state index is -5.45. The Labute approximate surface area is 68.7 Å². The van der Waals surface area contributed by atoms with Crippen molar-refractivity contribution in [1.82, 2.24) is 0 Å². The first-order valence-electron chi connectivity index (χ1n) is 3.29. The van der Waals surface area contributed by atoms with Crippen LogP contribution >= 0.6 is 0 Å². The molecule has 0 saturated heterocycles. The van der Waals surface area contributed by atoms with Gasteiger partial charge in [0.15, 0.2) is 17.8 Å². The van der Waals surface area contributed by atoms with Gasteiger partial charge in [-0.1, -0.05) is 0 Å². The summed E-state index contributed by atoms with van der Waals surface area (Å²) < 4.78 is 85.0. The van der Waals surface area contributed by atoms with Gasteiger partial charge in [0.25, 0.3) is 5.92 Å². The van der Waals surface area contributed by atoms with Gasteiger partial charge >= 0.3 is 6.18 Å². The summed E-state index contributed by atoms with van der Waals surface area (Å²) in [6.45, 7) is -0.0201. The SMILES string of the molecule is CC1(C(F)(F)F)C(F)C(F)C1(F)F. The molecule has 0 amide bonds. The van der Waals surface area contributed by atoms with Crippen LogP contribution in [0.15, 0.2) is 0 Å². The summed E-state index contributed by atoms with van der Waals surface area (Å²) in [5.74, 6) is -4.68. The van der Waals surface area contributed by atoms with E-state index in [2.05, 4.69) is 0 Å². The van der Waals surface area contributed by atoms with Crippen molar-refractivity contribution in [3.63, 3.8) is 0 Å². The number of rotatable bonds is 0. The average molecular weight is 210 g/mol. The second-order valence-corrected chi connectivity index (χ2v) is 3.13. The fourth-order valence-electron chi connectivity index (χ4n) is 1.20. The maximum Gasteiger partial charge on any atom is 0.403 e. The van der Waals surface area contributed by atoms with Crippen LogP contribution in [0.3, 0.4) is 0 Å². The van der Waals surface area contributed by atoms with E-state index in [1.165, 1.54) is 0 Å². The molecule has 1 aliphatic rings. The van der Waals surface area contributed by atoms with Crippen LogP contribution < -0.4 is 0 Å². The topological polar surface area (TPSA) is 0 Å². The van der Waals surface area contributed by atoms with Gasteiger partial charge in [0.1, 0.15) is 0 Å². The second-order valence-electron chi connectivity index (χ2n) is 3.13. The summed E-state index contributed by atoms with van der Waals surface area (Å²) in [6, 6.07) is 0. The van der Waals surface area contributed by atoms with Crippen LogP contribution in [0.4, 0.5) is 30.7 Å². The van der Waals surface area contributed by atoms with Crippen LogP contribution in [0.2, 0.25) is 0 Å². The van der Waals surface area contributed by atoms with Gasteiger partial charge in [-0.25, -0.2) is 17.6 Å². The van der Waals surface area contributed by atoms with Crippen LogP contribution in [0.1, 0.15) is 6.92 Å². The highest BCUT2D eigenvalue weighted by molar-refractivity contribution is 5.17. The molecule has 0 bridgehead atoms. The molecule has 0 nitrogen and oxygen atoms in total. The highest BCUT2D eigenvalue weighted by atomic mass is 19.4. The van der Waals surface area contributed by atoms with Crippen LogP contribution in [-0.4, -0.2) is 24.4 Å². The van der Waals surface area contributed by atoms with Gasteiger partial charge in [0.05, 0.1) is 0 Å². The quantitative estimate of drug-likeness (QED) is 0.539. The lowest BCUT2D eigenvalue weighted by Gasteiger charge is -2.51. The van der Waals surface area contributed by atoms with E-state index in [4.69, 9.17) is 0 Å². The lowest BCUT2D eigenvalue weighted by Crippen LogP contribution is -2.73. The van der Waals surface area contributed by atoms with E-state index in [0.29, 0.717) is 0 Å². The molecule has 7 heteroatoms. The molecule has 1 rings (SSSR count). The molecular formula is C6H5F7. The number of halogens is 7. The molecule has 78 valence electrons. The van der Waals surface area contributed by atoms with Crippen LogP contribution in [-0.2, 0) is 0 Å². The molecule has 1 saturated carbocycles. The summed E-state index contributed by atoms with van der Waals surface area (Å²) in [4.78, 5) is 0. The molecule has 13 heavy (non-hydrogen) atoms. The Morgan fingerprint density at radius 2 is 1.38 bits per heavy atom. The number of hydrogen-bond acceptors (Lipinski definition) is 0. The molecule has 3 atom stereocenters. The van der Waals surface area contributed by atoms with Crippen molar-refractivity contribution in [2.75, 3.05) is 0 Å². The van der Waals surface area contributed by atoms with Crippen molar-refractivity contribution < 1.29 is 30.7 Å². The fourth-order valence-corrected chi connectivity index (χ4v) is 1.20. The van der Waals surface area contributed by atoms with E-state index in [9.17, 15) is 30.7 Å². The van der Waals surface area contributed by atoms with E-state index in [1.54, 1.807) is 0 Å². The van der Waals surface area contributed by atoms with E-state index in [0.717, 1.165) is 0 Å². The molecule has 0 heterocycles. The van der Waals surface area contributed by atoms with Gasteiger partial charge in [-0.3, -0.25) is 0 Å². The number of alkyl halides is 7. The lowest BCUT2D eigenvalue weighted by molar-refractivity contribution is -0.390. The minimum absolute atomic E-state index is 0.0201. The van der Waals surface area contributed by atoms with Crippen molar-refractivity contribution in [3.8, 4) is 0 Å². The van der Waals surface area contributed by atoms with Crippen molar-refractivity contribution >= 4 is 0 Å². The van der Waals surface area contributed by atoms with Crippen molar-refractivity contribution in [3.05, 3.63) is 0 Å². The first kappa shape index (κ1) is 10.6. The first-order chi connectivity index (χ1) is 5.57. The third-order valence-electron chi connectivity index (χ3n) is 2.44. The molecule has 0 aliphatic heterocycles. The predicted octanol–water partition coefficient (Wildman–Crippen LogP) is 2.88. The van der Waals surface area contributed by atoms with Crippen LogP contribution in [0.5, 0.6) is 0 Å². The summed E-state index contributed by atoms with van der Waals surface area (Å²) in [6.07, 6.45) is -12.0. The van der Waals surface area contributed by atoms with Gasteiger partial charge in [-0.05, 0) is 6.92 Å². The summed E-state index contributed by atoms with van der Waals surface area (Å²) in [5, 5.41) is 0. The van der Waals surface area contributed by atoms with E-state index in [-0.39, 0.29) is 6.92 Å². The van der Waals surface area contributed by atoms with Gasteiger partial charge in [-0.2, -0.15) is 13.2 Å². The fraction of sp³-hybridized carbons (Fsp3) is 1.00. The molecule has 0 aromatic rings. The van der Waals surface area contributed by atoms with Crippen LogP contribution in [0, 0.1) is 5.41 Å². The zero-order valence-electron chi connectivity index (χ0n) is 6.30. The molecule has 0 N–H and O–H groups in total. The van der Waals surface area contributed by atoms with Crippen molar-refractivity contribution in [2.45, 2.75) is 31.4 Å². The zero-order valence-corrected chi connectivity index (χ0v) is 6.30. The smallest absolute Gasteiger partial charge is 0.243 e. The summed E-state index contributed by atoms with van der Waals surface area (Å²) in [7, 11) is 0.